The van der Waals surface area contributed by atoms with E-state index < -0.39 is 0 Å². The SMILES string of the molecule is COc1ccc(C(=O)Nc2cc(CN3CCNCC3)cc(C(C)OC3=CCC=CN=C3N)c2)cc1OC. The smallest absolute Gasteiger partial charge is 0.255 e. The lowest BCUT2D eigenvalue weighted by atomic mass is 10.0. The van der Waals surface area contributed by atoms with Crippen molar-refractivity contribution < 1.29 is 19.0 Å². The van der Waals surface area contributed by atoms with Gasteiger partial charge in [-0.05, 0) is 60.9 Å². The van der Waals surface area contributed by atoms with Crippen molar-refractivity contribution in [3.8, 4) is 11.5 Å². The second-order valence-electron chi connectivity index (χ2n) is 8.98. The van der Waals surface area contributed by atoms with Gasteiger partial charge < -0.3 is 30.6 Å². The highest BCUT2D eigenvalue weighted by Crippen LogP contribution is 2.29. The average molecular weight is 506 g/mol. The number of methoxy groups -OCH3 is 2. The Bertz CT molecular complexity index is 1200. The van der Waals surface area contributed by atoms with Crippen LogP contribution in [0.5, 0.6) is 11.5 Å². The lowest BCUT2D eigenvalue weighted by Crippen LogP contribution is -2.42. The molecule has 2 aliphatic rings. The molecule has 1 atom stereocenters. The van der Waals surface area contributed by atoms with Gasteiger partial charge in [0, 0.05) is 50.2 Å². The molecule has 1 fully saturated rings. The first-order chi connectivity index (χ1) is 18.0. The number of nitrogens with zero attached hydrogens (tertiary/aromatic N) is 2. The number of piperazine rings is 1. The number of carbonyl (C=O) groups excluding carboxylic acids is 1. The minimum Gasteiger partial charge on any atom is -0.493 e. The highest BCUT2D eigenvalue weighted by atomic mass is 16.5. The molecule has 0 bridgehead atoms. The number of anilines is 1. The highest BCUT2D eigenvalue weighted by molar-refractivity contribution is 6.04. The Labute approximate surface area is 218 Å². The fourth-order valence-electron chi connectivity index (χ4n) is 4.33. The number of carbonyl (C=O) groups is 1. The van der Waals surface area contributed by atoms with Gasteiger partial charge in [0.15, 0.2) is 23.1 Å². The normalized spacial score (nSPS) is 16.7. The number of aliphatic imine (C=N–C) groups is 1. The molecule has 0 spiro atoms. The van der Waals surface area contributed by atoms with Crippen LogP contribution in [0.3, 0.4) is 0 Å². The largest absolute Gasteiger partial charge is 0.493 e. The lowest BCUT2D eigenvalue weighted by Gasteiger charge is -2.28. The number of amidine groups is 1. The number of rotatable bonds is 9. The van der Waals surface area contributed by atoms with Gasteiger partial charge in [0.2, 0.25) is 0 Å². The number of nitrogens with one attached hydrogen (secondary N) is 2. The maximum absolute atomic E-state index is 13.2. The molecule has 0 radical (unpaired) electrons. The maximum Gasteiger partial charge on any atom is 0.255 e. The van der Waals surface area contributed by atoms with Crippen molar-refractivity contribution in [1.82, 2.24) is 10.2 Å². The van der Waals surface area contributed by atoms with Gasteiger partial charge in [0.1, 0.15) is 6.10 Å². The van der Waals surface area contributed by atoms with E-state index in [0.717, 1.165) is 43.9 Å². The standard InChI is InChI=1S/C28H35N5O4/c1-19(37-25-6-4-5-9-31-27(25)29)22-14-20(18-33-12-10-30-11-13-33)15-23(16-22)32-28(34)21-7-8-24(35-2)26(17-21)36-3/h5-9,14-17,19,30H,4,10-13,18H2,1-3H3,(H2,29,31)(H,32,34). The molecule has 196 valence electrons. The first kappa shape index (κ1) is 26.2. The van der Waals surface area contributed by atoms with Gasteiger partial charge >= 0.3 is 0 Å². The molecule has 2 aromatic rings. The number of allylic oxidation sites excluding steroid dienone is 2. The Morgan fingerprint density at radius 1 is 1.14 bits per heavy atom. The molecule has 2 heterocycles. The second-order valence-corrected chi connectivity index (χ2v) is 8.98. The van der Waals surface area contributed by atoms with Gasteiger partial charge in [-0.2, -0.15) is 0 Å². The van der Waals surface area contributed by atoms with E-state index in [1.165, 1.54) is 0 Å². The fourth-order valence-corrected chi connectivity index (χ4v) is 4.33. The van der Waals surface area contributed by atoms with Gasteiger partial charge in [-0.1, -0.05) is 12.1 Å². The summed E-state index contributed by atoms with van der Waals surface area (Å²) in [4.78, 5) is 19.7. The van der Waals surface area contributed by atoms with Gasteiger partial charge in [-0.3, -0.25) is 9.69 Å². The number of hydrogen-bond donors (Lipinski definition) is 3. The second kappa shape index (κ2) is 12.4. The van der Waals surface area contributed by atoms with Crippen LogP contribution in [0.15, 0.2) is 65.5 Å². The van der Waals surface area contributed by atoms with E-state index in [-0.39, 0.29) is 12.0 Å². The van der Waals surface area contributed by atoms with E-state index in [1.807, 2.05) is 31.2 Å². The number of benzene rings is 2. The van der Waals surface area contributed by atoms with Crippen molar-refractivity contribution >= 4 is 17.4 Å². The van der Waals surface area contributed by atoms with Crippen LogP contribution in [0.4, 0.5) is 5.69 Å². The van der Waals surface area contributed by atoms with Crippen molar-refractivity contribution in [2.24, 2.45) is 10.7 Å². The number of hydrogen-bond acceptors (Lipinski definition) is 8. The number of ether oxygens (including phenoxy) is 3. The molecule has 37 heavy (non-hydrogen) atoms. The third-order valence-corrected chi connectivity index (χ3v) is 6.32. The molecule has 2 aromatic carbocycles. The summed E-state index contributed by atoms with van der Waals surface area (Å²) in [5, 5.41) is 6.43. The van der Waals surface area contributed by atoms with E-state index in [2.05, 4.69) is 26.6 Å². The van der Waals surface area contributed by atoms with E-state index in [0.29, 0.717) is 40.8 Å². The predicted octanol–water partition coefficient (Wildman–Crippen LogP) is 3.60. The summed E-state index contributed by atoms with van der Waals surface area (Å²) >= 11 is 0. The summed E-state index contributed by atoms with van der Waals surface area (Å²) < 4.78 is 16.9. The maximum atomic E-state index is 13.2. The average Bonchev–Trinajstić information content (AvgIpc) is 3.12. The fraction of sp³-hybridized carbons (Fsp3) is 0.357. The zero-order valence-corrected chi connectivity index (χ0v) is 21.6. The van der Waals surface area contributed by atoms with Crippen LogP contribution in [0.2, 0.25) is 0 Å². The summed E-state index contributed by atoms with van der Waals surface area (Å²) in [6.45, 7) is 6.60. The molecule has 9 nitrogen and oxygen atoms in total. The molecule has 1 unspecified atom stereocenters. The minimum atomic E-state index is -0.308. The van der Waals surface area contributed by atoms with Crippen molar-refractivity contribution in [2.75, 3.05) is 45.7 Å². The molecule has 1 saturated heterocycles. The molecule has 1 amide bonds. The van der Waals surface area contributed by atoms with Crippen LogP contribution in [0.1, 0.15) is 40.9 Å². The molecular weight excluding hydrogens is 470 g/mol. The van der Waals surface area contributed by atoms with Crippen LogP contribution in [-0.4, -0.2) is 57.0 Å². The first-order valence-electron chi connectivity index (χ1n) is 12.4. The van der Waals surface area contributed by atoms with Crippen molar-refractivity contribution in [3.63, 3.8) is 0 Å². The number of amides is 1. The monoisotopic (exact) mass is 505 g/mol. The van der Waals surface area contributed by atoms with Crippen molar-refractivity contribution in [1.29, 1.82) is 0 Å². The topological polar surface area (TPSA) is 110 Å². The van der Waals surface area contributed by atoms with Crippen LogP contribution < -0.4 is 25.8 Å². The van der Waals surface area contributed by atoms with Gasteiger partial charge in [0.25, 0.3) is 5.91 Å². The van der Waals surface area contributed by atoms with Crippen LogP contribution in [0.25, 0.3) is 0 Å². The summed E-state index contributed by atoms with van der Waals surface area (Å²) in [5.41, 5.74) is 9.26. The molecule has 0 aromatic heterocycles. The van der Waals surface area contributed by atoms with Gasteiger partial charge in [0.05, 0.1) is 14.2 Å². The highest BCUT2D eigenvalue weighted by Gasteiger charge is 2.18. The van der Waals surface area contributed by atoms with Crippen molar-refractivity contribution in [2.45, 2.75) is 26.0 Å². The summed E-state index contributed by atoms with van der Waals surface area (Å²) in [5.74, 6) is 1.72. The van der Waals surface area contributed by atoms with Crippen LogP contribution in [-0.2, 0) is 11.3 Å². The lowest BCUT2D eigenvalue weighted by molar-refractivity contribution is 0.102. The first-order valence-corrected chi connectivity index (χ1v) is 12.4. The minimum absolute atomic E-state index is 0.242. The molecule has 2 aliphatic heterocycles. The Morgan fingerprint density at radius 2 is 1.92 bits per heavy atom. The zero-order valence-electron chi connectivity index (χ0n) is 21.6. The quantitative estimate of drug-likeness (QED) is 0.478. The van der Waals surface area contributed by atoms with Gasteiger partial charge in [-0.25, -0.2) is 4.99 Å². The Hall–Kier alpha value is -3.82. The Kier molecular flexibility index (Phi) is 8.81. The molecule has 0 saturated carbocycles. The summed E-state index contributed by atoms with van der Waals surface area (Å²) in [7, 11) is 3.11. The van der Waals surface area contributed by atoms with E-state index in [9.17, 15) is 4.79 Å². The third-order valence-electron chi connectivity index (χ3n) is 6.32. The molecule has 4 rings (SSSR count). The van der Waals surface area contributed by atoms with E-state index in [1.54, 1.807) is 38.6 Å². The molecule has 0 aliphatic carbocycles. The van der Waals surface area contributed by atoms with Crippen LogP contribution >= 0.6 is 0 Å². The summed E-state index contributed by atoms with van der Waals surface area (Å²) in [6, 6.07) is 11.2. The van der Waals surface area contributed by atoms with Gasteiger partial charge in [-0.15, -0.1) is 0 Å². The van der Waals surface area contributed by atoms with Crippen molar-refractivity contribution in [3.05, 3.63) is 77.2 Å². The van der Waals surface area contributed by atoms with E-state index in [4.69, 9.17) is 19.9 Å². The molecule has 9 heteroatoms. The Morgan fingerprint density at radius 3 is 2.68 bits per heavy atom. The Balaban J connectivity index is 1.59. The third kappa shape index (κ3) is 6.90. The number of nitrogens with two attached hydrogens (primary N) is 1. The molecular formula is C28H35N5O4. The van der Waals surface area contributed by atoms with Crippen LogP contribution in [0, 0.1) is 0 Å². The van der Waals surface area contributed by atoms with E-state index >= 15 is 0 Å². The summed E-state index contributed by atoms with van der Waals surface area (Å²) in [6.07, 6.45) is 5.91. The zero-order chi connectivity index (χ0) is 26.2. The molecule has 4 N–H and O–H groups in total. The predicted molar refractivity (Wildman–Crippen MR) is 145 cm³/mol.